The molecule has 0 saturated carbocycles. The van der Waals surface area contributed by atoms with Crippen LogP contribution in [0.1, 0.15) is 29.8 Å². The summed E-state index contributed by atoms with van der Waals surface area (Å²) in [7, 11) is 1.75. The van der Waals surface area contributed by atoms with Crippen molar-refractivity contribution in [2.75, 3.05) is 13.6 Å². The summed E-state index contributed by atoms with van der Waals surface area (Å²) in [4.78, 5) is 15.8. The number of rotatable bonds is 6. The lowest BCUT2D eigenvalue weighted by molar-refractivity contribution is 0.111. The fourth-order valence-electron chi connectivity index (χ4n) is 1.43. The Bertz CT molecular complexity index is 367. The first kappa shape index (κ1) is 12.1. The Balaban J connectivity index is 2.65. The quantitative estimate of drug-likeness (QED) is 0.582. The lowest BCUT2D eigenvalue weighted by atomic mass is 10.2. The zero-order valence-corrected chi connectivity index (χ0v) is 9.80. The first-order chi connectivity index (χ1) is 7.33. The van der Waals surface area contributed by atoms with Gasteiger partial charge < -0.3 is 10.3 Å². The molecule has 0 amide bonds. The second kappa shape index (κ2) is 6.53. The van der Waals surface area contributed by atoms with Gasteiger partial charge in [-0.25, -0.2) is 0 Å². The molecule has 0 aliphatic carbocycles. The summed E-state index contributed by atoms with van der Waals surface area (Å²) < 4.78 is 1.97. The number of thiazole rings is 1. The predicted octanol–water partition coefficient (Wildman–Crippen LogP) is 1.02. The first-order valence-electron chi connectivity index (χ1n) is 5.10. The monoisotopic (exact) mass is 227 g/mol. The topological polar surface area (TPSA) is 60.4 Å². The molecular weight excluding hydrogens is 210 g/mol. The molecule has 0 saturated heterocycles. The summed E-state index contributed by atoms with van der Waals surface area (Å²) in [6.07, 6.45) is 4.07. The van der Waals surface area contributed by atoms with Gasteiger partial charge in [0.05, 0.1) is 5.69 Å². The number of carbonyl (C=O) groups is 1. The summed E-state index contributed by atoms with van der Waals surface area (Å²) in [5, 5.41) is 1.85. The highest BCUT2D eigenvalue weighted by molar-refractivity contribution is 7.07. The van der Waals surface area contributed by atoms with E-state index in [9.17, 15) is 4.79 Å². The van der Waals surface area contributed by atoms with Crippen LogP contribution in [0.4, 0.5) is 0 Å². The highest BCUT2D eigenvalue weighted by Gasteiger charge is 2.02. The molecule has 0 spiro atoms. The molecule has 2 N–H and O–H groups in total. The van der Waals surface area contributed by atoms with Crippen molar-refractivity contribution in [1.82, 2.24) is 4.57 Å². The first-order valence-corrected chi connectivity index (χ1v) is 5.98. The molecular formula is C10H17N3OS. The van der Waals surface area contributed by atoms with Crippen molar-refractivity contribution >= 4 is 17.6 Å². The van der Waals surface area contributed by atoms with E-state index in [2.05, 4.69) is 4.99 Å². The second-order valence-electron chi connectivity index (χ2n) is 3.29. The zero-order valence-electron chi connectivity index (χ0n) is 8.98. The van der Waals surface area contributed by atoms with Gasteiger partial charge in [-0.3, -0.25) is 9.79 Å². The summed E-state index contributed by atoms with van der Waals surface area (Å²) in [6.45, 7) is 1.59. The van der Waals surface area contributed by atoms with E-state index in [1.54, 1.807) is 7.05 Å². The minimum atomic E-state index is 0.716. The second-order valence-corrected chi connectivity index (χ2v) is 4.12. The number of aldehydes is 1. The van der Waals surface area contributed by atoms with Gasteiger partial charge in [0, 0.05) is 19.0 Å². The number of unbranched alkanes of at least 4 members (excludes halogenated alkanes) is 2. The molecule has 0 fully saturated rings. The molecule has 84 valence electrons. The predicted molar refractivity (Wildman–Crippen MR) is 62.1 cm³/mol. The minimum Gasteiger partial charge on any atom is -0.330 e. The average Bonchev–Trinajstić information content (AvgIpc) is 2.66. The summed E-state index contributed by atoms with van der Waals surface area (Å²) in [5.41, 5.74) is 6.14. The summed E-state index contributed by atoms with van der Waals surface area (Å²) >= 11 is 1.50. The van der Waals surface area contributed by atoms with Gasteiger partial charge in [0.2, 0.25) is 0 Å². The van der Waals surface area contributed by atoms with E-state index < -0.39 is 0 Å². The Labute approximate surface area is 93.5 Å². The molecule has 1 aromatic heterocycles. The van der Waals surface area contributed by atoms with E-state index in [1.165, 1.54) is 11.3 Å². The highest BCUT2D eigenvalue weighted by atomic mass is 32.1. The standard InChI is InChI=1S/C10H17N3OS/c1-12-10-13(6-4-2-3-5-11)9(7-14)8-15-10/h7-8H,2-6,11H2,1H3. The van der Waals surface area contributed by atoms with Crippen LogP contribution in [0, 0.1) is 0 Å². The normalized spacial score (nSPS) is 12.0. The highest BCUT2D eigenvalue weighted by Crippen LogP contribution is 2.03. The van der Waals surface area contributed by atoms with Crippen molar-refractivity contribution in [2.24, 2.45) is 10.7 Å². The van der Waals surface area contributed by atoms with Crippen molar-refractivity contribution in [3.05, 3.63) is 15.9 Å². The molecule has 4 nitrogen and oxygen atoms in total. The molecule has 0 unspecified atom stereocenters. The molecule has 15 heavy (non-hydrogen) atoms. The van der Waals surface area contributed by atoms with E-state index in [0.717, 1.165) is 43.4 Å². The third kappa shape index (κ3) is 3.28. The molecule has 0 bridgehead atoms. The minimum absolute atomic E-state index is 0.716. The third-order valence-corrected chi connectivity index (χ3v) is 3.20. The molecule has 5 heteroatoms. The van der Waals surface area contributed by atoms with Gasteiger partial charge in [-0.1, -0.05) is 6.42 Å². The Morgan fingerprint density at radius 1 is 1.53 bits per heavy atom. The van der Waals surface area contributed by atoms with E-state index >= 15 is 0 Å². The molecule has 0 aliphatic heterocycles. The van der Waals surface area contributed by atoms with Crippen molar-refractivity contribution in [2.45, 2.75) is 25.8 Å². The maximum absolute atomic E-state index is 10.8. The van der Waals surface area contributed by atoms with Gasteiger partial charge in [-0.2, -0.15) is 0 Å². The van der Waals surface area contributed by atoms with Crippen LogP contribution in [0.3, 0.4) is 0 Å². The molecule has 1 rings (SSSR count). The van der Waals surface area contributed by atoms with Crippen LogP contribution in [0.15, 0.2) is 10.4 Å². The van der Waals surface area contributed by atoms with Crippen molar-refractivity contribution in [3.63, 3.8) is 0 Å². The molecule has 1 aromatic rings. The van der Waals surface area contributed by atoms with Crippen LogP contribution in [-0.4, -0.2) is 24.4 Å². The van der Waals surface area contributed by atoms with E-state index in [0.29, 0.717) is 5.69 Å². The largest absolute Gasteiger partial charge is 0.330 e. The Morgan fingerprint density at radius 2 is 2.33 bits per heavy atom. The van der Waals surface area contributed by atoms with Gasteiger partial charge in [0.25, 0.3) is 0 Å². The van der Waals surface area contributed by atoms with Crippen molar-refractivity contribution in [3.8, 4) is 0 Å². The smallest absolute Gasteiger partial charge is 0.184 e. The molecule has 1 heterocycles. The van der Waals surface area contributed by atoms with E-state index in [-0.39, 0.29) is 0 Å². The van der Waals surface area contributed by atoms with Crippen LogP contribution in [0.25, 0.3) is 0 Å². The van der Waals surface area contributed by atoms with E-state index in [1.807, 2.05) is 9.95 Å². The lowest BCUT2D eigenvalue weighted by Gasteiger charge is -2.04. The molecule has 0 radical (unpaired) electrons. The molecule has 0 aliphatic rings. The number of hydrogen-bond donors (Lipinski definition) is 1. The Morgan fingerprint density at radius 3 is 2.93 bits per heavy atom. The van der Waals surface area contributed by atoms with Gasteiger partial charge in [0.15, 0.2) is 11.1 Å². The number of nitrogens with two attached hydrogens (primary N) is 1. The fraction of sp³-hybridized carbons (Fsp3) is 0.600. The molecule has 0 atom stereocenters. The van der Waals surface area contributed by atoms with E-state index in [4.69, 9.17) is 5.73 Å². The van der Waals surface area contributed by atoms with Gasteiger partial charge in [0.1, 0.15) is 0 Å². The molecule has 0 aromatic carbocycles. The number of hydrogen-bond acceptors (Lipinski definition) is 4. The van der Waals surface area contributed by atoms with Crippen LogP contribution in [0.5, 0.6) is 0 Å². The summed E-state index contributed by atoms with van der Waals surface area (Å²) in [6, 6.07) is 0. The van der Waals surface area contributed by atoms with Gasteiger partial charge in [-0.15, -0.1) is 11.3 Å². The maximum atomic E-state index is 10.8. The lowest BCUT2D eigenvalue weighted by Crippen LogP contribution is -2.17. The van der Waals surface area contributed by atoms with Crippen LogP contribution >= 0.6 is 11.3 Å². The van der Waals surface area contributed by atoms with Gasteiger partial charge in [-0.05, 0) is 19.4 Å². The Kier molecular flexibility index (Phi) is 5.28. The van der Waals surface area contributed by atoms with Crippen LogP contribution < -0.4 is 10.5 Å². The van der Waals surface area contributed by atoms with Crippen molar-refractivity contribution < 1.29 is 4.79 Å². The number of aromatic nitrogens is 1. The average molecular weight is 227 g/mol. The SMILES string of the molecule is CN=c1scc(C=O)n1CCCCCN. The zero-order chi connectivity index (χ0) is 11.1. The maximum Gasteiger partial charge on any atom is 0.184 e. The van der Waals surface area contributed by atoms with Crippen molar-refractivity contribution in [1.29, 1.82) is 0 Å². The Hall–Kier alpha value is -0.940. The fourth-order valence-corrected chi connectivity index (χ4v) is 2.27. The third-order valence-electron chi connectivity index (χ3n) is 2.23. The number of carbonyl (C=O) groups excluding carboxylic acids is 1. The van der Waals surface area contributed by atoms with Crippen LogP contribution in [-0.2, 0) is 6.54 Å². The van der Waals surface area contributed by atoms with Gasteiger partial charge >= 0.3 is 0 Å². The van der Waals surface area contributed by atoms with Crippen LogP contribution in [0.2, 0.25) is 0 Å². The summed E-state index contributed by atoms with van der Waals surface area (Å²) in [5.74, 6) is 0. The number of nitrogens with zero attached hydrogens (tertiary/aromatic N) is 2.